The van der Waals surface area contributed by atoms with Gasteiger partial charge in [0.15, 0.2) is 4.80 Å². The van der Waals surface area contributed by atoms with Gasteiger partial charge in [-0.15, -0.1) is 0 Å². The first-order valence-corrected chi connectivity index (χ1v) is 8.47. The van der Waals surface area contributed by atoms with Crippen molar-refractivity contribution in [3.05, 3.63) is 28.6 Å². The molecule has 114 valence electrons. The summed E-state index contributed by atoms with van der Waals surface area (Å²) in [5.74, 6) is 0.404. The van der Waals surface area contributed by atoms with E-state index in [1.165, 1.54) is 15.8 Å². The third kappa shape index (κ3) is 3.43. The SMILES string of the molecule is CCCn1c(=NC(=O)C(C)C)sc2cc(C(C)C)ccc21. The Kier molecular flexibility index (Phi) is 4.99. The molecule has 0 aliphatic carbocycles. The average Bonchev–Trinajstić information content (AvgIpc) is 2.76. The summed E-state index contributed by atoms with van der Waals surface area (Å²) in [6.07, 6.45) is 1.03. The normalized spacial score (nSPS) is 12.8. The predicted octanol–water partition coefficient (Wildman–Crippen LogP) is 4.32. The van der Waals surface area contributed by atoms with Crippen LogP contribution in [0.3, 0.4) is 0 Å². The van der Waals surface area contributed by atoms with E-state index in [1.54, 1.807) is 11.3 Å². The highest BCUT2D eigenvalue weighted by atomic mass is 32.1. The molecule has 0 saturated heterocycles. The topological polar surface area (TPSA) is 34.4 Å². The van der Waals surface area contributed by atoms with E-state index in [0.29, 0.717) is 5.92 Å². The van der Waals surface area contributed by atoms with Crippen molar-refractivity contribution in [1.29, 1.82) is 0 Å². The summed E-state index contributed by atoms with van der Waals surface area (Å²) in [7, 11) is 0. The molecule has 4 heteroatoms. The zero-order chi connectivity index (χ0) is 15.6. The minimum atomic E-state index is -0.0588. The lowest BCUT2D eigenvalue weighted by Gasteiger charge is -2.06. The van der Waals surface area contributed by atoms with E-state index in [4.69, 9.17) is 0 Å². The lowest BCUT2D eigenvalue weighted by Crippen LogP contribution is -2.18. The Balaban J connectivity index is 2.64. The fraction of sp³-hybridized carbons (Fsp3) is 0.529. The van der Waals surface area contributed by atoms with Crippen LogP contribution < -0.4 is 4.80 Å². The van der Waals surface area contributed by atoms with Crippen LogP contribution in [0.2, 0.25) is 0 Å². The summed E-state index contributed by atoms with van der Waals surface area (Å²) >= 11 is 1.62. The second kappa shape index (κ2) is 6.56. The van der Waals surface area contributed by atoms with Crippen LogP contribution in [0.4, 0.5) is 0 Å². The summed E-state index contributed by atoms with van der Waals surface area (Å²) in [6.45, 7) is 11.2. The second-order valence-corrected chi connectivity index (χ2v) is 7.03. The van der Waals surface area contributed by atoms with Crippen molar-refractivity contribution >= 4 is 27.5 Å². The number of thiazole rings is 1. The van der Waals surface area contributed by atoms with Gasteiger partial charge < -0.3 is 4.57 Å². The van der Waals surface area contributed by atoms with Gasteiger partial charge in [-0.05, 0) is 30.0 Å². The number of carbonyl (C=O) groups excluding carboxylic acids is 1. The molecule has 0 bridgehead atoms. The van der Waals surface area contributed by atoms with Gasteiger partial charge in [0.1, 0.15) is 0 Å². The highest BCUT2D eigenvalue weighted by Crippen LogP contribution is 2.23. The fourth-order valence-corrected chi connectivity index (χ4v) is 3.31. The molecule has 0 aliphatic heterocycles. The number of fused-ring (bicyclic) bond motifs is 1. The number of amides is 1. The smallest absolute Gasteiger partial charge is 0.250 e. The zero-order valence-corrected chi connectivity index (χ0v) is 14.3. The first-order chi connectivity index (χ1) is 9.93. The summed E-state index contributed by atoms with van der Waals surface area (Å²) in [5.41, 5.74) is 2.51. The molecule has 0 radical (unpaired) electrons. The summed E-state index contributed by atoms with van der Waals surface area (Å²) in [4.78, 5) is 17.1. The fourth-order valence-electron chi connectivity index (χ4n) is 2.20. The number of nitrogens with zero attached hydrogens (tertiary/aromatic N) is 2. The summed E-state index contributed by atoms with van der Waals surface area (Å²) in [6, 6.07) is 6.57. The highest BCUT2D eigenvalue weighted by Gasteiger charge is 2.10. The van der Waals surface area contributed by atoms with Gasteiger partial charge in [0.05, 0.1) is 10.2 Å². The highest BCUT2D eigenvalue weighted by molar-refractivity contribution is 7.16. The predicted molar refractivity (Wildman–Crippen MR) is 89.6 cm³/mol. The van der Waals surface area contributed by atoms with Gasteiger partial charge in [-0.2, -0.15) is 4.99 Å². The zero-order valence-electron chi connectivity index (χ0n) is 13.5. The summed E-state index contributed by atoms with van der Waals surface area (Å²) in [5, 5.41) is 0. The molecule has 1 heterocycles. The average molecular weight is 304 g/mol. The Morgan fingerprint density at radius 1 is 1.29 bits per heavy atom. The van der Waals surface area contributed by atoms with E-state index >= 15 is 0 Å². The number of hydrogen-bond acceptors (Lipinski definition) is 2. The van der Waals surface area contributed by atoms with E-state index in [-0.39, 0.29) is 11.8 Å². The van der Waals surface area contributed by atoms with Gasteiger partial charge in [0.25, 0.3) is 5.91 Å². The Morgan fingerprint density at radius 2 is 2.00 bits per heavy atom. The number of rotatable bonds is 4. The standard InChI is InChI=1S/C17H24N2OS/c1-6-9-19-14-8-7-13(11(2)3)10-15(14)21-17(19)18-16(20)12(4)5/h7-8,10-12H,6,9H2,1-5H3. The van der Waals surface area contributed by atoms with E-state index in [9.17, 15) is 4.79 Å². The molecule has 2 aromatic rings. The first kappa shape index (κ1) is 16.0. The van der Waals surface area contributed by atoms with E-state index in [0.717, 1.165) is 17.8 Å². The molecule has 0 N–H and O–H groups in total. The van der Waals surface area contributed by atoms with Gasteiger partial charge in [-0.3, -0.25) is 4.79 Å². The first-order valence-electron chi connectivity index (χ1n) is 7.65. The Hall–Kier alpha value is -1.42. The molecule has 0 fully saturated rings. The molecular formula is C17H24N2OS. The molecule has 3 nitrogen and oxygen atoms in total. The molecule has 0 unspecified atom stereocenters. The number of aryl methyl sites for hydroxylation is 1. The van der Waals surface area contributed by atoms with Crippen LogP contribution in [0.1, 0.15) is 52.5 Å². The third-order valence-corrected chi connectivity index (χ3v) is 4.56. The number of benzene rings is 1. The van der Waals surface area contributed by atoms with Crippen LogP contribution in [-0.2, 0) is 11.3 Å². The van der Waals surface area contributed by atoms with Crippen molar-refractivity contribution in [3.63, 3.8) is 0 Å². The molecule has 2 rings (SSSR count). The van der Waals surface area contributed by atoms with Crippen LogP contribution in [-0.4, -0.2) is 10.5 Å². The number of hydrogen-bond donors (Lipinski definition) is 0. The van der Waals surface area contributed by atoms with Gasteiger partial charge in [-0.1, -0.05) is 52.0 Å². The van der Waals surface area contributed by atoms with Crippen LogP contribution >= 0.6 is 11.3 Å². The Labute approximate surface area is 130 Å². The summed E-state index contributed by atoms with van der Waals surface area (Å²) < 4.78 is 3.38. The largest absolute Gasteiger partial charge is 0.316 e. The van der Waals surface area contributed by atoms with Crippen molar-refractivity contribution < 1.29 is 4.79 Å². The molecular weight excluding hydrogens is 280 g/mol. The van der Waals surface area contributed by atoms with Gasteiger partial charge in [0, 0.05) is 12.5 Å². The lowest BCUT2D eigenvalue weighted by molar-refractivity contribution is -0.120. The van der Waals surface area contributed by atoms with Crippen LogP contribution in [0.15, 0.2) is 23.2 Å². The maximum absolute atomic E-state index is 11.9. The number of carbonyl (C=O) groups is 1. The Morgan fingerprint density at radius 3 is 2.57 bits per heavy atom. The third-order valence-electron chi connectivity index (χ3n) is 3.52. The molecule has 0 aliphatic rings. The maximum atomic E-state index is 11.9. The van der Waals surface area contributed by atoms with Crippen LogP contribution in [0.25, 0.3) is 10.2 Å². The molecule has 1 amide bonds. The van der Waals surface area contributed by atoms with Gasteiger partial charge >= 0.3 is 0 Å². The minimum absolute atomic E-state index is 0.0458. The van der Waals surface area contributed by atoms with Crippen molar-refractivity contribution in [2.75, 3.05) is 0 Å². The maximum Gasteiger partial charge on any atom is 0.250 e. The van der Waals surface area contributed by atoms with E-state index < -0.39 is 0 Å². The molecule has 1 aromatic carbocycles. The van der Waals surface area contributed by atoms with Gasteiger partial charge in [0.2, 0.25) is 0 Å². The quantitative estimate of drug-likeness (QED) is 0.828. The molecule has 1 aromatic heterocycles. The van der Waals surface area contributed by atoms with Crippen molar-refractivity contribution in [2.45, 2.75) is 53.5 Å². The van der Waals surface area contributed by atoms with Gasteiger partial charge in [-0.25, -0.2) is 0 Å². The van der Waals surface area contributed by atoms with Crippen molar-refractivity contribution in [3.8, 4) is 0 Å². The van der Waals surface area contributed by atoms with Crippen molar-refractivity contribution in [1.82, 2.24) is 4.57 Å². The van der Waals surface area contributed by atoms with Crippen molar-refractivity contribution in [2.24, 2.45) is 10.9 Å². The number of aromatic nitrogens is 1. The molecule has 0 spiro atoms. The lowest BCUT2D eigenvalue weighted by atomic mass is 10.0. The van der Waals surface area contributed by atoms with Crippen LogP contribution in [0.5, 0.6) is 0 Å². The second-order valence-electron chi connectivity index (χ2n) is 6.02. The Bertz CT molecular complexity index is 707. The van der Waals surface area contributed by atoms with Crippen LogP contribution in [0, 0.1) is 5.92 Å². The molecule has 0 atom stereocenters. The minimum Gasteiger partial charge on any atom is -0.316 e. The monoisotopic (exact) mass is 304 g/mol. The van der Waals surface area contributed by atoms with E-state index in [1.807, 2.05) is 13.8 Å². The molecule has 0 saturated carbocycles. The molecule has 21 heavy (non-hydrogen) atoms. The van der Waals surface area contributed by atoms with E-state index in [2.05, 4.69) is 48.5 Å².